The SMILES string of the molecule is O=C(NCC(O)C(F)(F)F)c1ccncc1. The molecule has 1 rings (SSSR count). The van der Waals surface area contributed by atoms with Crippen LogP contribution in [0.2, 0.25) is 0 Å². The van der Waals surface area contributed by atoms with E-state index in [0.717, 1.165) is 0 Å². The number of halogens is 3. The van der Waals surface area contributed by atoms with Gasteiger partial charge in [0.2, 0.25) is 0 Å². The Bertz CT molecular complexity index is 354. The second-order valence-corrected chi connectivity index (χ2v) is 3.00. The first kappa shape index (κ1) is 12.4. The maximum atomic E-state index is 11.9. The minimum absolute atomic E-state index is 0.185. The second-order valence-electron chi connectivity index (χ2n) is 3.00. The predicted molar refractivity (Wildman–Crippen MR) is 48.6 cm³/mol. The average molecular weight is 234 g/mol. The molecule has 0 aromatic carbocycles. The number of rotatable bonds is 3. The fraction of sp³-hybridized carbons (Fsp3) is 0.333. The summed E-state index contributed by atoms with van der Waals surface area (Å²) >= 11 is 0. The molecule has 1 heterocycles. The zero-order valence-electron chi connectivity index (χ0n) is 8.03. The molecule has 1 amide bonds. The first-order chi connectivity index (χ1) is 7.41. The highest BCUT2D eigenvalue weighted by molar-refractivity contribution is 5.93. The van der Waals surface area contributed by atoms with Gasteiger partial charge in [0.15, 0.2) is 6.10 Å². The van der Waals surface area contributed by atoms with E-state index in [4.69, 9.17) is 5.11 Å². The van der Waals surface area contributed by atoms with Crippen LogP contribution in [-0.4, -0.2) is 34.8 Å². The molecule has 1 atom stereocenters. The molecule has 0 aliphatic rings. The van der Waals surface area contributed by atoms with Crippen LogP contribution in [0.4, 0.5) is 13.2 Å². The molecule has 0 fully saturated rings. The molecule has 4 nitrogen and oxygen atoms in total. The average Bonchev–Trinajstić information content (AvgIpc) is 2.25. The maximum Gasteiger partial charge on any atom is 0.416 e. The summed E-state index contributed by atoms with van der Waals surface area (Å²) in [6, 6.07) is 2.71. The Morgan fingerprint density at radius 2 is 2.00 bits per heavy atom. The Balaban J connectivity index is 2.48. The molecule has 88 valence electrons. The van der Waals surface area contributed by atoms with E-state index in [0.29, 0.717) is 0 Å². The zero-order valence-corrected chi connectivity index (χ0v) is 8.03. The molecule has 0 saturated carbocycles. The summed E-state index contributed by atoms with van der Waals surface area (Å²) in [4.78, 5) is 14.9. The van der Waals surface area contributed by atoms with Gasteiger partial charge >= 0.3 is 6.18 Å². The molecule has 0 bridgehead atoms. The van der Waals surface area contributed by atoms with E-state index in [1.165, 1.54) is 24.5 Å². The van der Waals surface area contributed by atoms with Crippen molar-refractivity contribution in [2.24, 2.45) is 0 Å². The van der Waals surface area contributed by atoms with Gasteiger partial charge in [-0.05, 0) is 12.1 Å². The highest BCUT2D eigenvalue weighted by Gasteiger charge is 2.38. The lowest BCUT2D eigenvalue weighted by Gasteiger charge is -2.14. The number of alkyl halides is 3. The third-order valence-corrected chi connectivity index (χ3v) is 1.78. The van der Waals surface area contributed by atoms with Gasteiger partial charge in [0.05, 0.1) is 6.54 Å². The summed E-state index contributed by atoms with van der Waals surface area (Å²) in [5.74, 6) is -0.689. The van der Waals surface area contributed by atoms with Crippen molar-refractivity contribution in [2.75, 3.05) is 6.54 Å². The molecule has 0 aliphatic carbocycles. The van der Waals surface area contributed by atoms with Gasteiger partial charge in [0, 0.05) is 18.0 Å². The van der Waals surface area contributed by atoms with Crippen molar-refractivity contribution in [1.29, 1.82) is 0 Å². The number of pyridine rings is 1. The fourth-order valence-corrected chi connectivity index (χ4v) is 0.910. The van der Waals surface area contributed by atoms with Gasteiger partial charge < -0.3 is 10.4 Å². The van der Waals surface area contributed by atoms with Crippen LogP contribution in [-0.2, 0) is 0 Å². The Kier molecular flexibility index (Phi) is 3.83. The van der Waals surface area contributed by atoms with Crippen molar-refractivity contribution in [3.05, 3.63) is 30.1 Å². The Morgan fingerprint density at radius 3 is 2.50 bits per heavy atom. The number of amides is 1. The predicted octanol–water partition coefficient (Wildman–Crippen LogP) is 0.735. The summed E-state index contributed by atoms with van der Waals surface area (Å²) in [5.41, 5.74) is 0.185. The van der Waals surface area contributed by atoms with Crippen molar-refractivity contribution in [3.63, 3.8) is 0 Å². The smallest absolute Gasteiger partial charge is 0.382 e. The van der Waals surface area contributed by atoms with Crippen LogP contribution in [0.5, 0.6) is 0 Å². The normalized spacial score (nSPS) is 13.2. The van der Waals surface area contributed by atoms with E-state index in [1.807, 2.05) is 5.32 Å². The minimum atomic E-state index is -4.73. The lowest BCUT2D eigenvalue weighted by molar-refractivity contribution is -0.201. The molecule has 0 spiro atoms. The molecule has 1 aromatic rings. The van der Waals surface area contributed by atoms with Crippen LogP contribution >= 0.6 is 0 Å². The van der Waals surface area contributed by atoms with Gasteiger partial charge in [-0.15, -0.1) is 0 Å². The summed E-state index contributed by atoms with van der Waals surface area (Å²) in [5, 5.41) is 10.6. The Morgan fingerprint density at radius 1 is 1.44 bits per heavy atom. The number of nitrogens with zero attached hydrogens (tertiary/aromatic N) is 1. The number of hydrogen-bond acceptors (Lipinski definition) is 3. The van der Waals surface area contributed by atoms with Gasteiger partial charge in [0.1, 0.15) is 0 Å². The molecule has 16 heavy (non-hydrogen) atoms. The van der Waals surface area contributed by atoms with E-state index in [9.17, 15) is 18.0 Å². The number of carbonyl (C=O) groups excluding carboxylic acids is 1. The number of carbonyl (C=O) groups is 1. The van der Waals surface area contributed by atoms with Gasteiger partial charge in [-0.2, -0.15) is 13.2 Å². The third kappa shape index (κ3) is 3.50. The van der Waals surface area contributed by atoms with Gasteiger partial charge in [-0.3, -0.25) is 9.78 Å². The van der Waals surface area contributed by atoms with E-state index in [2.05, 4.69) is 4.98 Å². The number of hydrogen-bond donors (Lipinski definition) is 2. The first-order valence-electron chi connectivity index (χ1n) is 4.34. The molecule has 7 heteroatoms. The molecule has 2 N–H and O–H groups in total. The molecule has 0 aliphatic heterocycles. The van der Waals surface area contributed by atoms with Crippen LogP contribution in [0, 0.1) is 0 Å². The van der Waals surface area contributed by atoms with Crippen LogP contribution in [0.1, 0.15) is 10.4 Å². The lowest BCUT2D eigenvalue weighted by atomic mass is 10.2. The van der Waals surface area contributed by atoms with E-state index >= 15 is 0 Å². The summed E-state index contributed by atoms with van der Waals surface area (Å²) in [7, 11) is 0. The number of aliphatic hydroxyl groups excluding tert-OH is 1. The van der Waals surface area contributed by atoms with Crippen molar-refractivity contribution in [2.45, 2.75) is 12.3 Å². The Hall–Kier alpha value is -1.63. The van der Waals surface area contributed by atoms with E-state index in [-0.39, 0.29) is 5.56 Å². The topological polar surface area (TPSA) is 62.2 Å². The molecule has 0 radical (unpaired) electrons. The summed E-state index contributed by atoms with van der Waals surface area (Å²) in [6.07, 6.45) is -4.60. The highest BCUT2D eigenvalue weighted by Crippen LogP contribution is 2.19. The van der Waals surface area contributed by atoms with Gasteiger partial charge in [0.25, 0.3) is 5.91 Å². The molecular formula is C9H9F3N2O2. The minimum Gasteiger partial charge on any atom is -0.382 e. The van der Waals surface area contributed by atoms with Crippen molar-refractivity contribution >= 4 is 5.91 Å². The van der Waals surface area contributed by atoms with Gasteiger partial charge in [-0.25, -0.2) is 0 Å². The quantitative estimate of drug-likeness (QED) is 0.810. The van der Waals surface area contributed by atoms with E-state index < -0.39 is 24.7 Å². The fourth-order valence-electron chi connectivity index (χ4n) is 0.910. The third-order valence-electron chi connectivity index (χ3n) is 1.78. The highest BCUT2D eigenvalue weighted by atomic mass is 19.4. The van der Waals surface area contributed by atoms with Crippen molar-refractivity contribution in [1.82, 2.24) is 10.3 Å². The molecule has 1 aromatic heterocycles. The Labute approximate surface area is 89.1 Å². The lowest BCUT2D eigenvalue weighted by Crippen LogP contribution is -2.40. The van der Waals surface area contributed by atoms with Crippen molar-refractivity contribution in [3.8, 4) is 0 Å². The van der Waals surface area contributed by atoms with Crippen LogP contribution in [0.3, 0.4) is 0 Å². The molecule has 0 saturated heterocycles. The number of nitrogens with one attached hydrogen (secondary N) is 1. The summed E-state index contributed by atoms with van der Waals surface area (Å²) < 4.78 is 35.7. The summed E-state index contributed by atoms with van der Waals surface area (Å²) in [6.45, 7) is -0.870. The molecule has 1 unspecified atom stereocenters. The number of aliphatic hydroxyl groups is 1. The van der Waals surface area contributed by atoms with Crippen LogP contribution < -0.4 is 5.32 Å². The largest absolute Gasteiger partial charge is 0.416 e. The molecular weight excluding hydrogens is 225 g/mol. The second kappa shape index (κ2) is 4.93. The van der Waals surface area contributed by atoms with Crippen LogP contribution in [0.15, 0.2) is 24.5 Å². The van der Waals surface area contributed by atoms with E-state index in [1.54, 1.807) is 0 Å². The monoisotopic (exact) mass is 234 g/mol. The maximum absolute atomic E-state index is 11.9. The van der Waals surface area contributed by atoms with Crippen molar-refractivity contribution < 1.29 is 23.1 Å². The van der Waals surface area contributed by atoms with Crippen LogP contribution in [0.25, 0.3) is 0 Å². The zero-order chi connectivity index (χ0) is 12.2. The standard InChI is InChI=1S/C9H9F3N2O2/c10-9(11,12)7(15)5-14-8(16)6-1-3-13-4-2-6/h1-4,7,15H,5H2,(H,14,16). The number of aromatic nitrogens is 1. The van der Waals surface area contributed by atoms with Gasteiger partial charge in [-0.1, -0.05) is 0 Å². The first-order valence-corrected chi connectivity index (χ1v) is 4.34.